The lowest BCUT2D eigenvalue weighted by molar-refractivity contribution is 1.16. The highest BCUT2D eigenvalue weighted by atomic mass is 15.0. The van der Waals surface area contributed by atoms with Crippen molar-refractivity contribution in [2.75, 3.05) is 0 Å². The number of nitrogens with zero attached hydrogens (tertiary/aromatic N) is 4. The van der Waals surface area contributed by atoms with Gasteiger partial charge in [-0.05, 0) is 132 Å². The van der Waals surface area contributed by atoms with Gasteiger partial charge in [-0.15, -0.1) is 0 Å². The van der Waals surface area contributed by atoms with Crippen molar-refractivity contribution in [3.63, 3.8) is 0 Å². The van der Waals surface area contributed by atoms with Gasteiger partial charge in [-0.1, -0.05) is 132 Å². The van der Waals surface area contributed by atoms with E-state index in [1.807, 2.05) is 18.2 Å². The van der Waals surface area contributed by atoms with Gasteiger partial charge in [0.05, 0.1) is 51.6 Å². The Morgan fingerprint density at radius 2 is 0.921 bits per heavy atom. The molecule has 0 atom stereocenters. The molecule has 2 heterocycles. The Bertz CT molecular complexity index is 3720. The molecule has 0 N–H and O–H groups in total. The van der Waals surface area contributed by atoms with Gasteiger partial charge in [-0.3, -0.25) is 0 Å². The minimum atomic E-state index is 0.569. The summed E-state index contributed by atoms with van der Waals surface area (Å²) in [6.45, 7) is 14.5. The van der Waals surface area contributed by atoms with Crippen LogP contribution in [0.3, 0.4) is 0 Å². The van der Waals surface area contributed by atoms with Crippen molar-refractivity contribution in [3.05, 3.63) is 222 Å². The van der Waals surface area contributed by atoms with E-state index in [1.165, 1.54) is 38.6 Å². The van der Waals surface area contributed by atoms with Gasteiger partial charge < -0.3 is 9.13 Å². The number of rotatable bonds is 6. The molecule has 0 fully saturated rings. The van der Waals surface area contributed by atoms with Crippen LogP contribution in [0.5, 0.6) is 0 Å². The second-order valence-corrected chi connectivity index (χ2v) is 16.6. The van der Waals surface area contributed by atoms with Gasteiger partial charge in [0, 0.05) is 27.1 Å². The number of hydrogen-bond acceptors (Lipinski definition) is 1. The lowest BCUT2D eigenvalue weighted by atomic mass is 9.93. The minimum absolute atomic E-state index is 0.569. The molecule has 0 radical (unpaired) electrons. The first-order valence-electron chi connectivity index (χ1n) is 21.3. The summed E-state index contributed by atoms with van der Waals surface area (Å²) in [6.07, 6.45) is 0. The van der Waals surface area contributed by atoms with Crippen molar-refractivity contribution in [1.29, 1.82) is 5.26 Å². The number of benzene rings is 9. The first-order valence-corrected chi connectivity index (χ1v) is 21.3. The van der Waals surface area contributed by atoms with Crippen molar-refractivity contribution in [3.8, 4) is 62.0 Å². The molecule has 0 bridgehead atoms. The summed E-state index contributed by atoms with van der Waals surface area (Å²) in [5, 5.41) is 14.4. The summed E-state index contributed by atoms with van der Waals surface area (Å²) in [4.78, 5) is 3.99. The summed E-state index contributed by atoms with van der Waals surface area (Å²) >= 11 is 0. The third-order valence-electron chi connectivity index (χ3n) is 12.7. The predicted molar refractivity (Wildman–Crippen MR) is 262 cm³/mol. The molecule has 0 aliphatic heterocycles. The zero-order valence-electron chi connectivity index (χ0n) is 35.2. The van der Waals surface area contributed by atoms with E-state index in [0.717, 1.165) is 77.6 Å². The first-order chi connectivity index (χ1) is 30.9. The lowest BCUT2D eigenvalue weighted by Gasteiger charge is -2.20. The molecular weight excluding hydrogens is 765 g/mol. The maximum Gasteiger partial charge on any atom is 0.188 e. The number of para-hydroxylation sites is 2. The highest BCUT2D eigenvalue weighted by Crippen LogP contribution is 2.44. The van der Waals surface area contributed by atoms with E-state index in [1.54, 1.807) is 0 Å². The molecule has 296 valence electrons. The summed E-state index contributed by atoms with van der Waals surface area (Å²) in [5.74, 6) is 0. The number of aromatic nitrogens is 2. The van der Waals surface area contributed by atoms with Gasteiger partial charge >= 0.3 is 0 Å². The summed E-state index contributed by atoms with van der Waals surface area (Å²) in [7, 11) is 0. The molecule has 4 heteroatoms. The smallest absolute Gasteiger partial charge is 0.188 e. The molecule has 0 aliphatic rings. The van der Waals surface area contributed by atoms with E-state index < -0.39 is 0 Å². The molecule has 11 rings (SSSR count). The maximum atomic E-state index is 9.74. The average Bonchev–Trinajstić information content (AvgIpc) is 3.83. The van der Waals surface area contributed by atoms with Gasteiger partial charge in [-0.2, -0.15) is 5.26 Å². The van der Waals surface area contributed by atoms with E-state index in [2.05, 4.69) is 211 Å². The minimum Gasteiger partial charge on any atom is -0.309 e. The van der Waals surface area contributed by atoms with Crippen molar-refractivity contribution >= 4 is 49.3 Å². The second kappa shape index (κ2) is 14.9. The third kappa shape index (κ3) is 6.28. The van der Waals surface area contributed by atoms with Gasteiger partial charge in [-0.25, -0.2) is 4.85 Å². The van der Waals surface area contributed by atoms with Crippen LogP contribution >= 0.6 is 0 Å². The fourth-order valence-electron chi connectivity index (χ4n) is 9.49. The van der Waals surface area contributed by atoms with Crippen LogP contribution in [0.1, 0.15) is 22.3 Å². The fraction of sp³-hybridized carbons (Fsp3) is 0.0508. The first kappa shape index (κ1) is 37.6. The molecular formula is C59H40N4. The van der Waals surface area contributed by atoms with E-state index >= 15 is 0 Å². The Balaban J connectivity index is 1.21. The van der Waals surface area contributed by atoms with Crippen LogP contribution in [0.4, 0.5) is 5.69 Å². The van der Waals surface area contributed by atoms with Crippen LogP contribution in [0.25, 0.3) is 104 Å². The van der Waals surface area contributed by atoms with Crippen LogP contribution in [-0.2, 0) is 0 Å². The van der Waals surface area contributed by atoms with Crippen LogP contribution in [0.15, 0.2) is 188 Å². The second-order valence-electron chi connectivity index (χ2n) is 16.6. The molecule has 11 aromatic rings. The highest BCUT2D eigenvalue weighted by Gasteiger charge is 2.22. The Morgan fingerprint density at radius 1 is 0.413 bits per heavy atom. The van der Waals surface area contributed by atoms with E-state index in [-0.39, 0.29) is 0 Å². The number of aryl methyl sites for hydroxylation is 3. The molecule has 0 saturated carbocycles. The lowest BCUT2D eigenvalue weighted by Crippen LogP contribution is -2.02. The van der Waals surface area contributed by atoms with Crippen LogP contribution < -0.4 is 0 Å². The zero-order chi connectivity index (χ0) is 42.8. The normalized spacial score (nSPS) is 11.4. The molecule has 0 aliphatic carbocycles. The zero-order valence-corrected chi connectivity index (χ0v) is 35.2. The van der Waals surface area contributed by atoms with E-state index in [0.29, 0.717) is 11.3 Å². The molecule has 0 amide bonds. The monoisotopic (exact) mass is 804 g/mol. The van der Waals surface area contributed by atoms with Gasteiger partial charge in [0.25, 0.3) is 0 Å². The predicted octanol–water partition coefficient (Wildman–Crippen LogP) is 15.9. The molecule has 2 aromatic heterocycles. The summed E-state index contributed by atoms with van der Waals surface area (Å²) in [5.41, 5.74) is 19.8. The average molecular weight is 805 g/mol. The molecule has 0 saturated heterocycles. The van der Waals surface area contributed by atoms with E-state index in [9.17, 15) is 5.26 Å². The summed E-state index contributed by atoms with van der Waals surface area (Å²) < 4.78 is 4.77. The molecule has 0 unspecified atom stereocenters. The topological polar surface area (TPSA) is 38.0 Å². The van der Waals surface area contributed by atoms with Crippen molar-refractivity contribution < 1.29 is 0 Å². The Kier molecular flexibility index (Phi) is 8.90. The molecule has 0 spiro atoms. The number of fused-ring (bicyclic) bond motifs is 6. The Morgan fingerprint density at radius 3 is 1.48 bits per heavy atom. The Hall–Kier alpha value is -8.44. The highest BCUT2D eigenvalue weighted by molar-refractivity contribution is 6.13. The molecule has 63 heavy (non-hydrogen) atoms. The molecule has 9 aromatic carbocycles. The SMILES string of the molecule is [C-]#[N+]c1ccc(-n2c3ccccc3c3cc(-c4ccc(C)cc4)ccc32)c(-c2ccc(-c3ccc(C#N)cc3C)cc2-n2c3ccccc3c3cc(-c4ccc(C)cc4)ccc32)c1. The fourth-order valence-corrected chi connectivity index (χ4v) is 9.49. The van der Waals surface area contributed by atoms with E-state index in [4.69, 9.17) is 6.57 Å². The Labute approximate surface area is 366 Å². The summed E-state index contributed by atoms with van der Waals surface area (Å²) in [6, 6.07) is 69.3. The van der Waals surface area contributed by atoms with Crippen LogP contribution in [0.2, 0.25) is 0 Å². The van der Waals surface area contributed by atoms with Crippen molar-refractivity contribution in [1.82, 2.24) is 9.13 Å². The van der Waals surface area contributed by atoms with Crippen LogP contribution in [-0.4, -0.2) is 9.13 Å². The largest absolute Gasteiger partial charge is 0.309 e. The van der Waals surface area contributed by atoms with Crippen molar-refractivity contribution in [2.45, 2.75) is 20.8 Å². The van der Waals surface area contributed by atoms with Gasteiger partial charge in [0.1, 0.15) is 0 Å². The maximum absolute atomic E-state index is 9.74. The number of hydrogen-bond donors (Lipinski definition) is 0. The van der Waals surface area contributed by atoms with Crippen molar-refractivity contribution in [2.24, 2.45) is 0 Å². The van der Waals surface area contributed by atoms with Gasteiger partial charge in [0.15, 0.2) is 5.69 Å². The number of nitriles is 1. The van der Waals surface area contributed by atoms with Gasteiger partial charge in [0.2, 0.25) is 0 Å². The molecule has 4 nitrogen and oxygen atoms in total. The quantitative estimate of drug-likeness (QED) is 0.154. The van der Waals surface area contributed by atoms with Crippen LogP contribution in [0, 0.1) is 38.7 Å². The third-order valence-corrected chi connectivity index (χ3v) is 12.7. The standard InChI is InChI=1S/C59H40N4/c1-37-13-18-41(19-14-37)43-23-28-56-51(32-43)48-9-5-7-11-54(48)62(56)58-30-25-46(61-4)35-53(58)50-27-22-45(47-26-17-40(36-60)31-39(47)3)34-59(50)63-55-12-8-6-10-49(55)52-33-44(24-29-57(52)63)42-20-15-38(2)16-21-42/h5-35H,1-3H3.